The number of carbonyl (C=O) groups is 1. The monoisotopic (exact) mass is 277 g/mol. The van der Waals surface area contributed by atoms with Crippen molar-refractivity contribution < 1.29 is 19.4 Å². The topological polar surface area (TPSA) is 83.6 Å². The number of halogens is 2. The molecule has 0 saturated carbocycles. The molecule has 6 heteroatoms. The van der Waals surface area contributed by atoms with Crippen LogP contribution in [0.4, 0.5) is 4.39 Å². The van der Waals surface area contributed by atoms with Gasteiger partial charge in [-0.15, -0.1) is 0 Å². The fourth-order valence-electron chi connectivity index (χ4n) is 1.19. The van der Waals surface area contributed by atoms with Crippen LogP contribution in [0.1, 0.15) is 18.0 Å². The minimum absolute atomic E-state index is 0.0302. The molecule has 4 nitrogen and oxygen atoms in total. The van der Waals surface area contributed by atoms with Crippen LogP contribution in [0.5, 0.6) is 5.75 Å². The van der Waals surface area contributed by atoms with Crippen molar-refractivity contribution in [2.24, 2.45) is 5.73 Å². The van der Waals surface area contributed by atoms with E-state index in [9.17, 15) is 9.18 Å². The highest BCUT2D eigenvalue weighted by molar-refractivity contribution is 9.10. The highest BCUT2D eigenvalue weighted by atomic mass is 79.9. The first-order valence-corrected chi connectivity index (χ1v) is 4.87. The molecule has 1 rings (SSSR count). The van der Waals surface area contributed by atoms with E-state index in [1.165, 1.54) is 6.07 Å². The van der Waals surface area contributed by atoms with E-state index in [1.54, 1.807) is 0 Å². The van der Waals surface area contributed by atoms with Gasteiger partial charge in [0.1, 0.15) is 0 Å². The van der Waals surface area contributed by atoms with Gasteiger partial charge in [-0.25, -0.2) is 4.39 Å². The van der Waals surface area contributed by atoms with E-state index in [1.807, 2.05) is 0 Å². The molecule has 0 aliphatic heterocycles. The smallest absolute Gasteiger partial charge is 0.305 e. The Morgan fingerprint density at radius 1 is 1.60 bits per heavy atom. The maximum atomic E-state index is 13.4. The largest absolute Gasteiger partial charge is 0.505 e. The van der Waals surface area contributed by atoms with Crippen molar-refractivity contribution in [3.05, 3.63) is 28.0 Å². The van der Waals surface area contributed by atoms with Gasteiger partial charge in [0, 0.05) is 16.1 Å². The second-order valence-corrected chi connectivity index (χ2v) is 3.85. The van der Waals surface area contributed by atoms with Crippen molar-refractivity contribution in [3.8, 4) is 5.75 Å². The molecule has 1 atom stereocenters. The molecule has 0 amide bonds. The number of phenols is 1. The van der Waals surface area contributed by atoms with Crippen molar-refractivity contribution >= 4 is 21.9 Å². The Kier molecular flexibility index (Phi) is 3.65. The SMILES string of the molecule is NC(CC(=O)O)c1c(Br)ccc(O)c1F. The summed E-state index contributed by atoms with van der Waals surface area (Å²) in [6.45, 7) is 0. The Balaban J connectivity index is 3.12. The maximum Gasteiger partial charge on any atom is 0.305 e. The van der Waals surface area contributed by atoms with Crippen LogP contribution < -0.4 is 5.73 Å². The van der Waals surface area contributed by atoms with Crippen LogP contribution in [0.25, 0.3) is 0 Å². The number of hydrogen-bond acceptors (Lipinski definition) is 3. The van der Waals surface area contributed by atoms with Crippen LogP contribution in [0, 0.1) is 5.82 Å². The van der Waals surface area contributed by atoms with Gasteiger partial charge in [-0.2, -0.15) is 0 Å². The molecule has 1 aromatic carbocycles. The highest BCUT2D eigenvalue weighted by Gasteiger charge is 2.20. The van der Waals surface area contributed by atoms with Crippen LogP contribution in [0.15, 0.2) is 16.6 Å². The lowest BCUT2D eigenvalue weighted by atomic mass is 10.0. The third-order valence-electron chi connectivity index (χ3n) is 1.87. The van der Waals surface area contributed by atoms with Crippen molar-refractivity contribution in [2.45, 2.75) is 12.5 Å². The number of rotatable bonds is 3. The molecule has 0 radical (unpaired) electrons. The van der Waals surface area contributed by atoms with E-state index < -0.39 is 30.0 Å². The zero-order chi connectivity index (χ0) is 11.6. The Hall–Kier alpha value is -1.14. The Labute approximate surface area is 93.6 Å². The Morgan fingerprint density at radius 3 is 2.73 bits per heavy atom. The molecule has 0 bridgehead atoms. The lowest BCUT2D eigenvalue weighted by Crippen LogP contribution is -2.17. The standard InChI is InChI=1S/C9H9BrFNO3/c10-4-1-2-6(13)9(11)8(4)5(12)3-7(14)15/h1-2,5,13H,3,12H2,(H,14,15). The predicted molar refractivity (Wildman–Crippen MR) is 54.9 cm³/mol. The number of aliphatic carboxylic acids is 1. The molecule has 0 fully saturated rings. The van der Waals surface area contributed by atoms with Gasteiger partial charge < -0.3 is 15.9 Å². The van der Waals surface area contributed by atoms with Gasteiger partial charge in [-0.1, -0.05) is 15.9 Å². The van der Waals surface area contributed by atoms with Gasteiger partial charge in [-0.3, -0.25) is 4.79 Å². The molecule has 4 N–H and O–H groups in total. The minimum Gasteiger partial charge on any atom is -0.505 e. The predicted octanol–water partition coefficient (Wildman–Crippen LogP) is 1.77. The zero-order valence-corrected chi connectivity index (χ0v) is 9.16. The number of phenolic OH excluding ortho intramolecular Hbond substituents is 1. The molecule has 0 heterocycles. The molecule has 0 aliphatic carbocycles. The van der Waals surface area contributed by atoms with E-state index in [0.717, 1.165) is 6.07 Å². The third kappa shape index (κ3) is 2.66. The second kappa shape index (κ2) is 4.59. The summed E-state index contributed by atoms with van der Waals surface area (Å²) >= 11 is 3.05. The quantitative estimate of drug-likeness (QED) is 0.786. The van der Waals surface area contributed by atoms with E-state index in [4.69, 9.17) is 15.9 Å². The van der Waals surface area contributed by atoms with Crippen LogP contribution in [0.2, 0.25) is 0 Å². The summed E-state index contributed by atoms with van der Waals surface area (Å²) < 4.78 is 13.7. The second-order valence-electron chi connectivity index (χ2n) is 3.00. The average molecular weight is 278 g/mol. The summed E-state index contributed by atoms with van der Waals surface area (Å²) in [5.74, 6) is -2.57. The molecular formula is C9H9BrFNO3. The molecule has 0 aliphatic rings. The number of carboxylic acids is 1. The highest BCUT2D eigenvalue weighted by Crippen LogP contribution is 2.31. The van der Waals surface area contributed by atoms with Crippen LogP contribution in [-0.4, -0.2) is 16.2 Å². The van der Waals surface area contributed by atoms with E-state index >= 15 is 0 Å². The average Bonchev–Trinajstić information content (AvgIpc) is 2.11. The molecule has 15 heavy (non-hydrogen) atoms. The fraction of sp³-hybridized carbons (Fsp3) is 0.222. The molecule has 0 saturated heterocycles. The maximum absolute atomic E-state index is 13.4. The van der Waals surface area contributed by atoms with E-state index in [0.29, 0.717) is 4.47 Å². The summed E-state index contributed by atoms with van der Waals surface area (Å²) in [6.07, 6.45) is -0.404. The van der Waals surface area contributed by atoms with Crippen LogP contribution in [0.3, 0.4) is 0 Å². The number of aromatic hydroxyl groups is 1. The van der Waals surface area contributed by atoms with E-state index in [2.05, 4.69) is 15.9 Å². The summed E-state index contributed by atoms with van der Waals surface area (Å²) in [7, 11) is 0. The van der Waals surface area contributed by atoms with Crippen molar-refractivity contribution in [2.75, 3.05) is 0 Å². The van der Waals surface area contributed by atoms with Gasteiger partial charge in [0.25, 0.3) is 0 Å². The van der Waals surface area contributed by atoms with Gasteiger partial charge >= 0.3 is 5.97 Å². The van der Waals surface area contributed by atoms with Gasteiger partial charge in [0.05, 0.1) is 6.42 Å². The Bertz CT molecular complexity index is 397. The first-order valence-electron chi connectivity index (χ1n) is 4.07. The van der Waals surface area contributed by atoms with Gasteiger partial charge in [0.15, 0.2) is 11.6 Å². The van der Waals surface area contributed by atoms with Crippen LogP contribution >= 0.6 is 15.9 Å². The summed E-state index contributed by atoms with van der Waals surface area (Å²) in [6, 6.07) is 1.58. The van der Waals surface area contributed by atoms with E-state index in [-0.39, 0.29) is 5.56 Å². The number of nitrogens with two attached hydrogens (primary N) is 1. The van der Waals surface area contributed by atoms with Crippen LogP contribution in [-0.2, 0) is 4.79 Å². The van der Waals surface area contributed by atoms with Crippen molar-refractivity contribution in [3.63, 3.8) is 0 Å². The third-order valence-corrected chi connectivity index (χ3v) is 2.56. The van der Waals surface area contributed by atoms with Crippen molar-refractivity contribution in [1.82, 2.24) is 0 Å². The summed E-state index contributed by atoms with van der Waals surface area (Å²) in [4.78, 5) is 10.4. The minimum atomic E-state index is -1.13. The number of carboxylic acid groups (broad SMARTS) is 1. The lowest BCUT2D eigenvalue weighted by molar-refractivity contribution is -0.137. The molecule has 1 unspecified atom stereocenters. The number of benzene rings is 1. The van der Waals surface area contributed by atoms with Gasteiger partial charge in [0.2, 0.25) is 0 Å². The summed E-state index contributed by atoms with van der Waals surface area (Å²) in [5.41, 5.74) is 5.47. The normalized spacial score (nSPS) is 12.5. The number of hydrogen-bond donors (Lipinski definition) is 3. The zero-order valence-electron chi connectivity index (χ0n) is 7.58. The molecular weight excluding hydrogens is 269 g/mol. The first-order chi connectivity index (χ1) is 6.93. The van der Waals surface area contributed by atoms with Crippen molar-refractivity contribution in [1.29, 1.82) is 0 Å². The first kappa shape index (κ1) is 11.9. The lowest BCUT2D eigenvalue weighted by Gasteiger charge is -2.13. The molecule has 0 aromatic heterocycles. The molecule has 1 aromatic rings. The van der Waals surface area contributed by atoms with Gasteiger partial charge in [-0.05, 0) is 12.1 Å². The molecule has 82 valence electrons. The summed E-state index contributed by atoms with van der Waals surface area (Å²) in [5, 5.41) is 17.6. The molecule has 0 spiro atoms. The Morgan fingerprint density at radius 2 is 2.20 bits per heavy atom. The fourth-order valence-corrected chi connectivity index (χ4v) is 1.79.